The van der Waals surface area contributed by atoms with E-state index in [9.17, 15) is 14.4 Å². The summed E-state index contributed by atoms with van der Waals surface area (Å²) >= 11 is 0. The fourth-order valence-corrected chi connectivity index (χ4v) is 5.65. The van der Waals surface area contributed by atoms with Crippen molar-refractivity contribution in [2.45, 2.75) is 18.3 Å². The van der Waals surface area contributed by atoms with Crippen LogP contribution in [0.3, 0.4) is 0 Å². The summed E-state index contributed by atoms with van der Waals surface area (Å²) in [5.41, 5.74) is 9.76. The number of ether oxygens (including phenoxy) is 3. The largest absolute Gasteiger partial charge is 0.497 e. The zero-order chi connectivity index (χ0) is 28.4. The number of carbonyl (C=O) groups is 3. The van der Waals surface area contributed by atoms with Crippen LogP contribution in [0.4, 0.5) is 5.69 Å². The molecule has 3 atom stereocenters. The second-order valence-corrected chi connectivity index (χ2v) is 9.49. The maximum atomic E-state index is 14.5. The Morgan fingerprint density at radius 2 is 1.65 bits per heavy atom. The first-order valence-corrected chi connectivity index (χ1v) is 12.7. The number of carbonyl (C=O) groups excluding carboxylic acids is 3. The van der Waals surface area contributed by atoms with Gasteiger partial charge in [0.05, 0.1) is 32.8 Å². The molecule has 9 nitrogen and oxygen atoms in total. The van der Waals surface area contributed by atoms with Crippen LogP contribution in [0, 0.1) is 5.92 Å². The van der Waals surface area contributed by atoms with E-state index in [1.54, 1.807) is 48.7 Å². The highest BCUT2D eigenvalue weighted by molar-refractivity contribution is 6.14. The lowest BCUT2D eigenvalue weighted by atomic mass is 9.67. The Labute approximate surface area is 231 Å². The molecule has 0 saturated carbocycles. The third kappa shape index (κ3) is 4.49. The van der Waals surface area contributed by atoms with Crippen LogP contribution >= 0.6 is 0 Å². The van der Waals surface area contributed by atoms with Crippen molar-refractivity contribution >= 4 is 23.4 Å². The number of nitrogens with zero attached hydrogens (tertiary/aromatic N) is 2. The minimum Gasteiger partial charge on any atom is -0.497 e. The highest BCUT2D eigenvalue weighted by Crippen LogP contribution is 2.51. The summed E-state index contributed by atoms with van der Waals surface area (Å²) in [4.78, 5) is 47.0. The van der Waals surface area contributed by atoms with Crippen molar-refractivity contribution in [3.8, 4) is 5.75 Å². The van der Waals surface area contributed by atoms with Crippen LogP contribution in [-0.4, -0.2) is 44.0 Å². The zero-order valence-corrected chi connectivity index (χ0v) is 22.4. The Morgan fingerprint density at radius 1 is 0.925 bits per heavy atom. The summed E-state index contributed by atoms with van der Waals surface area (Å²) in [6.45, 7) is 0. The van der Waals surface area contributed by atoms with Crippen LogP contribution in [0.15, 0.2) is 102 Å². The molecule has 2 aliphatic rings. The fourth-order valence-electron chi connectivity index (χ4n) is 5.65. The maximum Gasteiger partial charge on any atom is 0.338 e. The third-order valence-electron chi connectivity index (χ3n) is 7.48. The lowest BCUT2D eigenvalue weighted by molar-refractivity contribution is -0.150. The SMILES string of the molecule is COC(=O)C1=C(N)N(c2ccccc2)C2=C(C(=O)[C@H](C(=O)OC)[C@H](c3ccc(OC)cc3)C2)[C@@H]1c1cccnc1. The van der Waals surface area contributed by atoms with Gasteiger partial charge in [0.1, 0.15) is 17.5 Å². The molecule has 5 rings (SSSR count). The summed E-state index contributed by atoms with van der Waals surface area (Å²) in [6, 6.07) is 20.0. The second kappa shape index (κ2) is 11.1. The number of allylic oxidation sites excluding steroid dienone is 2. The Kier molecular flexibility index (Phi) is 7.37. The van der Waals surface area contributed by atoms with E-state index >= 15 is 0 Å². The maximum absolute atomic E-state index is 14.5. The number of Topliss-reactive ketones (excluding diaryl/α,β-unsaturated/α-hetero) is 1. The van der Waals surface area contributed by atoms with Crippen molar-refractivity contribution in [1.82, 2.24) is 4.98 Å². The van der Waals surface area contributed by atoms with E-state index in [0.29, 0.717) is 22.7 Å². The normalized spacial score (nSPS) is 20.6. The standard InChI is InChI=1S/C31H29N3O6/c1-38-21-13-11-18(12-14-21)22-16-23-26(28(35)25(22)30(36)39-2)24(19-8-7-15-33-17-19)27(31(37)40-3)29(32)34(23)20-9-5-4-6-10-20/h4-15,17,22,24-25H,16,32H2,1-3H3/t22-,24-,25+/m0/s1. The lowest BCUT2D eigenvalue weighted by Gasteiger charge is -2.44. The van der Waals surface area contributed by atoms with Crippen LogP contribution in [0.25, 0.3) is 0 Å². The Morgan fingerprint density at radius 3 is 2.25 bits per heavy atom. The molecule has 2 heterocycles. The van der Waals surface area contributed by atoms with Crippen molar-refractivity contribution in [3.63, 3.8) is 0 Å². The molecule has 0 amide bonds. The highest BCUT2D eigenvalue weighted by atomic mass is 16.5. The van der Waals surface area contributed by atoms with Crippen LogP contribution in [-0.2, 0) is 23.9 Å². The average molecular weight is 540 g/mol. The van der Waals surface area contributed by atoms with Crippen LogP contribution < -0.4 is 15.4 Å². The number of hydrogen-bond acceptors (Lipinski definition) is 9. The number of methoxy groups -OCH3 is 3. The van der Waals surface area contributed by atoms with E-state index < -0.39 is 35.5 Å². The summed E-state index contributed by atoms with van der Waals surface area (Å²) in [5, 5.41) is 0. The topological polar surface area (TPSA) is 121 Å². The molecular weight excluding hydrogens is 510 g/mol. The van der Waals surface area contributed by atoms with Crippen LogP contribution in [0.5, 0.6) is 5.75 Å². The number of pyridine rings is 1. The Balaban J connectivity index is 1.79. The molecule has 1 aromatic heterocycles. The summed E-state index contributed by atoms with van der Waals surface area (Å²) in [7, 11) is 4.09. The van der Waals surface area contributed by atoms with Gasteiger partial charge in [0.15, 0.2) is 5.78 Å². The number of nitrogens with two attached hydrogens (primary N) is 1. The summed E-state index contributed by atoms with van der Waals surface area (Å²) in [6.07, 6.45) is 3.45. The molecule has 1 aliphatic carbocycles. The molecule has 0 saturated heterocycles. The molecular formula is C31H29N3O6. The van der Waals surface area contributed by atoms with E-state index in [-0.39, 0.29) is 23.4 Å². The van der Waals surface area contributed by atoms with Gasteiger partial charge < -0.3 is 19.9 Å². The predicted molar refractivity (Wildman–Crippen MR) is 147 cm³/mol. The van der Waals surface area contributed by atoms with E-state index in [1.165, 1.54) is 14.2 Å². The van der Waals surface area contributed by atoms with Crippen molar-refractivity contribution in [1.29, 1.82) is 0 Å². The van der Waals surface area contributed by atoms with Crippen LogP contribution in [0.1, 0.15) is 29.4 Å². The number of ketones is 1. The first-order valence-electron chi connectivity index (χ1n) is 12.7. The Bertz CT molecular complexity index is 1500. The second-order valence-electron chi connectivity index (χ2n) is 9.49. The molecule has 0 radical (unpaired) electrons. The molecule has 204 valence electrons. The number of hydrogen-bond donors (Lipinski definition) is 1. The molecule has 0 bridgehead atoms. The zero-order valence-electron chi connectivity index (χ0n) is 22.4. The number of aromatic nitrogens is 1. The van der Waals surface area contributed by atoms with E-state index in [0.717, 1.165) is 5.56 Å². The van der Waals surface area contributed by atoms with Crippen molar-refractivity contribution in [2.24, 2.45) is 11.7 Å². The first kappa shape index (κ1) is 26.7. The third-order valence-corrected chi connectivity index (χ3v) is 7.48. The molecule has 40 heavy (non-hydrogen) atoms. The quantitative estimate of drug-likeness (QED) is 0.368. The minimum atomic E-state index is -1.15. The average Bonchev–Trinajstić information content (AvgIpc) is 3.00. The number of anilines is 1. The molecule has 1 aliphatic heterocycles. The van der Waals surface area contributed by atoms with Gasteiger partial charge in [0, 0.05) is 35.3 Å². The first-order chi connectivity index (χ1) is 19.4. The lowest BCUT2D eigenvalue weighted by Crippen LogP contribution is -2.46. The number of esters is 2. The van der Waals surface area contributed by atoms with E-state index in [4.69, 9.17) is 19.9 Å². The van der Waals surface area contributed by atoms with Gasteiger partial charge >= 0.3 is 11.9 Å². The van der Waals surface area contributed by atoms with Gasteiger partial charge in [-0.3, -0.25) is 19.5 Å². The molecule has 0 spiro atoms. The Hall–Kier alpha value is -4.92. The number of benzene rings is 2. The molecule has 2 N–H and O–H groups in total. The van der Waals surface area contributed by atoms with Gasteiger partial charge in [-0.05, 0) is 47.9 Å². The van der Waals surface area contributed by atoms with Gasteiger partial charge in [0.2, 0.25) is 0 Å². The van der Waals surface area contributed by atoms with Crippen LogP contribution in [0.2, 0.25) is 0 Å². The monoisotopic (exact) mass is 539 g/mol. The summed E-state index contributed by atoms with van der Waals surface area (Å²) < 4.78 is 15.6. The van der Waals surface area contributed by atoms with Crippen molar-refractivity contribution in [3.05, 3.63) is 113 Å². The number of para-hydroxylation sites is 1. The van der Waals surface area contributed by atoms with Gasteiger partial charge in [-0.15, -0.1) is 0 Å². The van der Waals surface area contributed by atoms with Crippen molar-refractivity contribution in [2.75, 3.05) is 26.2 Å². The predicted octanol–water partition coefficient (Wildman–Crippen LogP) is 3.84. The van der Waals surface area contributed by atoms with E-state index in [1.807, 2.05) is 42.5 Å². The summed E-state index contributed by atoms with van der Waals surface area (Å²) in [5.74, 6) is -3.59. The van der Waals surface area contributed by atoms with Gasteiger partial charge in [0.25, 0.3) is 0 Å². The van der Waals surface area contributed by atoms with Gasteiger partial charge in [-0.1, -0.05) is 36.4 Å². The minimum absolute atomic E-state index is 0.0953. The fraction of sp³-hybridized carbons (Fsp3) is 0.226. The molecule has 9 heteroatoms. The molecule has 2 aromatic carbocycles. The smallest absolute Gasteiger partial charge is 0.338 e. The van der Waals surface area contributed by atoms with Gasteiger partial charge in [-0.2, -0.15) is 0 Å². The highest BCUT2D eigenvalue weighted by Gasteiger charge is 2.51. The molecule has 0 unspecified atom stereocenters. The molecule has 3 aromatic rings. The number of rotatable bonds is 6. The molecule has 0 fully saturated rings. The van der Waals surface area contributed by atoms with E-state index in [2.05, 4.69) is 4.98 Å². The van der Waals surface area contributed by atoms with Gasteiger partial charge in [-0.25, -0.2) is 4.79 Å². The van der Waals surface area contributed by atoms with Crippen molar-refractivity contribution < 1.29 is 28.6 Å².